The van der Waals surface area contributed by atoms with Crippen LogP contribution in [0.15, 0.2) is 29.3 Å². The van der Waals surface area contributed by atoms with Crippen molar-refractivity contribution >= 4 is 5.96 Å². The maximum atomic E-state index is 4.36. The lowest BCUT2D eigenvalue weighted by Crippen LogP contribution is -2.41. The fourth-order valence-corrected chi connectivity index (χ4v) is 2.35. The van der Waals surface area contributed by atoms with Crippen molar-refractivity contribution < 1.29 is 0 Å². The summed E-state index contributed by atoms with van der Waals surface area (Å²) < 4.78 is 0. The second kappa shape index (κ2) is 3.57. The molecule has 0 unspecified atom stereocenters. The van der Waals surface area contributed by atoms with Crippen LogP contribution in [0.5, 0.6) is 0 Å². The summed E-state index contributed by atoms with van der Waals surface area (Å²) in [7, 11) is 0. The molecule has 1 heterocycles. The molecule has 0 radical (unpaired) electrons. The lowest BCUT2D eigenvalue weighted by atomic mass is 10.1. The highest BCUT2D eigenvalue weighted by molar-refractivity contribution is 5.81. The van der Waals surface area contributed by atoms with Gasteiger partial charge in [-0.15, -0.1) is 0 Å². The fraction of sp³-hybridized carbons (Fsp3) is 0.417. The van der Waals surface area contributed by atoms with Crippen LogP contribution in [-0.2, 0) is 12.8 Å². The van der Waals surface area contributed by atoms with Crippen LogP contribution in [-0.4, -0.2) is 25.1 Å². The van der Waals surface area contributed by atoms with Gasteiger partial charge < -0.3 is 10.6 Å². The van der Waals surface area contributed by atoms with Gasteiger partial charge >= 0.3 is 0 Å². The maximum Gasteiger partial charge on any atom is 0.191 e. The quantitative estimate of drug-likeness (QED) is 0.702. The van der Waals surface area contributed by atoms with Crippen LogP contribution in [0.25, 0.3) is 0 Å². The Bertz CT molecular complexity index is 373. The number of rotatable bonds is 1. The molecule has 1 aromatic rings. The third-order valence-electron chi connectivity index (χ3n) is 3.07. The zero-order valence-electron chi connectivity index (χ0n) is 8.66. The van der Waals surface area contributed by atoms with Crippen molar-refractivity contribution in [2.45, 2.75) is 18.9 Å². The van der Waals surface area contributed by atoms with Crippen molar-refractivity contribution in [2.75, 3.05) is 13.1 Å². The van der Waals surface area contributed by atoms with Gasteiger partial charge in [-0.3, -0.25) is 4.99 Å². The van der Waals surface area contributed by atoms with Crippen LogP contribution in [0.1, 0.15) is 11.1 Å². The zero-order valence-corrected chi connectivity index (χ0v) is 8.66. The summed E-state index contributed by atoms with van der Waals surface area (Å²) in [4.78, 5) is 4.36. The largest absolute Gasteiger partial charge is 0.355 e. The molecule has 0 fully saturated rings. The minimum Gasteiger partial charge on any atom is -0.355 e. The first-order valence-corrected chi connectivity index (χ1v) is 5.53. The molecule has 0 amide bonds. The lowest BCUT2D eigenvalue weighted by molar-refractivity contribution is 0.635. The number of fused-ring (bicyclic) bond motifs is 1. The molecule has 0 saturated heterocycles. The SMILES string of the molecule is c1ccc2c(c1)CC(NC1=NCCN1)C2. The van der Waals surface area contributed by atoms with Crippen LogP contribution in [0.4, 0.5) is 0 Å². The standard InChI is InChI=1S/C12H15N3/c1-2-4-10-8-11(7-9(10)3-1)15-12-13-5-6-14-12/h1-4,11H,5-8H2,(H2,13,14,15). The van der Waals surface area contributed by atoms with Gasteiger partial charge in [0.1, 0.15) is 0 Å². The van der Waals surface area contributed by atoms with Gasteiger partial charge in [-0.2, -0.15) is 0 Å². The number of aliphatic imine (C=N–C) groups is 1. The van der Waals surface area contributed by atoms with E-state index in [4.69, 9.17) is 0 Å². The molecule has 3 rings (SSSR count). The number of nitrogens with one attached hydrogen (secondary N) is 2. The van der Waals surface area contributed by atoms with E-state index in [1.807, 2.05) is 0 Å². The van der Waals surface area contributed by atoms with E-state index >= 15 is 0 Å². The second-order valence-electron chi connectivity index (χ2n) is 4.18. The smallest absolute Gasteiger partial charge is 0.191 e. The molecule has 2 N–H and O–H groups in total. The first kappa shape index (κ1) is 8.77. The number of nitrogens with zero attached hydrogens (tertiary/aromatic N) is 1. The summed E-state index contributed by atoms with van der Waals surface area (Å²) in [6.45, 7) is 1.88. The third-order valence-corrected chi connectivity index (χ3v) is 3.07. The number of benzene rings is 1. The van der Waals surface area contributed by atoms with E-state index in [1.165, 1.54) is 11.1 Å². The molecule has 1 aliphatic heterocycles. The minimum atomic E-state index is 0.520. The summed E-state index contributed by atoms with van der Waals surface area (Å²) in [5.74, 6) is 0.979. The Hall–Kier alpha value is -1.51. The molecule has 3 heteroatoms. The Morgan fingerprint density at radius 2 is 1.93 bits per heavy atom. The molecule has 0 spiro atoms. The van der Waals surface area contributed by atoms with E-state index in [0.717, 1.165) is 31.9 Å². The second-order valence-corrected chi connectivity index (χ2v) is 4.18. The van der Waals surface area contributed by atoms with E-state index in [1.54, 1.807) is 0 Å². The maximum absolute atomic E-state index is 4.36. The van der Waals surface area contributed by atoms with E-state index in [-0.39, 0.29) is 0 Å². The molecule has 0 aromatic heterocycles. The van der Waals surface area contributed by atoms with Crippen molar-refractivity contribution in [3.8, 4) is 0 Å². The zero-order chi connectivity index (χ0) is 10.1. The third kappa shape index (κ3) is 1.69. The van der Waals surface area contributed by atoms with Crippen LogP contribution in [0.2, 0.25) is 0 Å². The van der Waals surface area contributed by atoms with E-state index < -0.39 is 0 Å². The summed E-state index contributed by atoms with van der Waals surface area (Å²) in [6, 6.07) is 9.20. The Morgan fingerprint density at radius 3 is 2.53 bits per heavy atom. The molecule has 1 aliphatic carbocycles. The highest BCUT2D eigenvalue weighted by Crippen LogP contribution is 2.21. The van der Waals surface area contributed by atoms with Gasteiger partial charge in [0, 0.05) is 12.6 Å². The normalized spacial score (nSPS) is 19.6. The molecule has 1 aromatic carbocycles. The Labute approximate surface area is 89.6 Å². The fourth-order valence-electron chi connectivity index (χ4n) is 2.35. The average Bonchev–Trinajstić information content (AvgIpc) is 2.86. The van der Waals surface area contributed by atoms with Crippen LogP contribution in [0.3, 0.4) is 0 Å². The van der Waals surface area contributed by atoms with Gasteiger partial charge in [0.15, 0.2) is 5.96 Å². The van der Waals surface area contributed by atoms with Crippen molar-refractivity contribution in [1.29, 1.82) is 0 Å². The monoisotopic (exact) mass is 201 g/mol. The van der Waals surface area contributed by atoms with Gasteiger partial charge in [0.2, 0.25) is 0 Å². The molecule has 15 heavy (non-hydrogen) atoms. The van der Waals surface area contributed by atoms with E-state index in [0.29, 0.717) is 6.04 Å². The molecule has 78 valence electrons. The summed E-state index contributed by atoms with van der Waals surface area (Å²) in [5.41, 5.74) is 2.96. The van der Waals surface area contributed by atoms with Crippen molar-refractivity contribution in [3.05, 3.63) is 35.4 Å². The predicted molar refractivity (Wildman–Crippen MR) is 61.1 cm³/mol. The predicted octanol–water partition coefficient (Wildman–Crippen LogP) is 0.703. The van der Waals surface area contributed by atoms with Gasteiger partial charge in [-0.25, -0.2) is 0 Å². The van der Waals surface area contributed by atoms with Crippen molar-refractivity contribution in [2.24, 2.45) is 4.99 Å². The molecular formula is C12H15N3. The first-order valence-electron chi connectivity index (χ1n) is 5.53. The number of hydrogen-bond donors (Lipinski definition) is 2. The average molecular weight is 201 g/mol. The number of hydrogen-bond acceptors (Lipinski definition) is 3. The van der Waals surface area contributed by atoms with E-state index in [9.17, 15) is 0 Å². The van der Waals surface area contributed by atoms with E-state index in [2.05, 4.69) is 39.9 Å². The molecule has 0 atom stereocenters. The summed E-state index contributed by atoms with van der Waals surface area (Å²) in [6.07, 6.45) is 2.24. The topological polar surface area (TPSA) is 36.4 Å². The Kier molecular flexibility index (Phi) is 2.09. The molecule has 2 aliphatic rings. The van der Waals surface area contributed by atoms with Crippen LogP contribution < -0.4 is 10.6 Å². The highest BCUT2D eigenvalue weighted by Gasteiger charge is 2.22. The van der Waals surface area contributed by atoms with Crippen molar-refractivity contribution in [3.63, 3.8) is 0 Å². The lowest BCUT2D eigenvalue weighted by Gasteiger charge is -2.13. The van der Waals surface area contributed by atoms with Gasteiger partial charge in [-0.05, 0) is 24.0 Å². The van der Waals surface area contributed by atoms with Gasteiger partial charge in [0.05, 0.1) is 6.54 Å². The Balaban J connectivity index is 1.68. The van der Waals surface area contributed by atoms with Crippen LogP contribution in [0, 0.1) is 0 Å². The number of guanidine groups is 1. The van der Waals surface area contributed by atoms with Crippen molar-refractivity contribution in [1.82, 2.24) is 10.6 Å². The minimum absolute atomic E-state index is 0.520. The van der Waals surface area contributed by atoms with Gasteiger partial charge in [-0.1, -0.05) is 24.3 Å². The molecule has 3 nitrogen and oxygen atoms in total. The first-order chi connectivity index (χ1) is 7.42. The highest BCUT2D eigenvalue weighted by atomic mass is 15.2. The summed E-state index contributed by atoms with van der Waals surface area (Å²) >= 11 is 0. The van der Waals surface area contributed by atoms with Crippen LogP contribution >= 0.6 is 0 Å². The Morgan fingerprint density at radius 1 is 1.20 bits per heavy atom. The summed E-state index contributed by atoms with van der Waals surface area (Å²) in [5, 5.41) is 6.71. The van der Waals surface area contributed by atoms with Gasteiger partial charge in [0.25, 0.3) is 0 Å². The molecular weight excluding hydrogens is 186 g/mol. The molecule has 0 bridgehead atoms. The molecule has 0 saturated carbocycles.